The highest BCUT2D eigenvalue weighted by Gasteiger charge is 2.20. The van der Waals surface area contributed by atoms with Crippen LogP contribution in [0, 0.1) is 6.92 Å². The van der Waals surface area contributed by atoms with Gasteiger partial charge >= 0.3 is 0 Å². The zero-order valence-electron chi connectivity index (χ0n) is 12.6. The van der Waals surface area contributed by atoms with E-state index in [4.69, 9.17) is 0 Å². The molecule has 0 aliphatic heterocycles. The molecule has 4 aromatic rings. The van der Waals surface area contributed by atoms with Gasteiger partial charge in [0.2, 0.25) is 0 Å². The maximum Gasteiger partial charge on any atom is -0.00106 e. The molecule has 0 atom stereocenters. The predicted octanol–water partition coefficient (Wildman–Crippen LogP) is 5.87. The van der Waals surface area contributed by atoms with Crippen molar-refractivity contribution in [2.75, 3.05) is 0 Å². The van der Waals surface area contributed by atoms with Gasteiger partial charge in [0.1, 0.15) is 0 Å². The van der Waals surface area contributed by atoms with Crippen molar-refractivity contribution < 1.29 is 0 Å². The van der Waals surface area contributed by atoms with Crippen LogP contribution < -0.4 is 0 Å². The Morgan fingerprint density at radius 1 is 0.682 bits per heavy atom. The second-order valence-corrected chi connectivity index (χ2v) is 6.29. The van der Waals surface area contributed by atoms with E-state index in [2.05, 4.69) is 73.7 Å². The van der Waals surface area contributed by atoms with E-state index in [0.717, 1.165) is 6.42 Å². The van der Waals surface area contributed by atoms with Gasteiger partial charge in [0, 0.05) is 0 Å². The molecule has 5 rings (SSSR count). The van der Waals surface area contributed by atoms with Gasteiger partial charge in [-0.3, -0.25) is 0 Å². The van der Waals surface area contributed by atoms with Gasteiger partial charge in [-0.05, 0) is 74.8 Å². The van der Waals surface area contributed by atoms with Gasteiger partial charge in [-0.25, -0.2) is 0 Å². The first-order valence-electron chi connectivity index (χ1n) is 7.84. The maximum atomic E-state index is 2.41. The lowest BCUT2D eigenvalue weighted by atomic mass is 9.96. The summed E-state index contributed by atoms with van der Waals surface area (Å²) in [7, 11) is 0. The average Bonchev–Trinajstić information content (AvgIpc) is 2.92. The Hall–Kier alpha value is -2.60. The van der Waals surface area contributed by atoms with E-state index < -0.39 is 0 Å². The smallest absolute Gasteiger partial charge is 0.00106 e. The molecule has 0 fully saturated rings. The number of benzene rings is 4. The molecular formula is C22H16. The first-order chi connectivity index (χ1) is 10.8. The molecule has 0 spiro atoms. The van der Waals surface area contributed by atoms with Crippen LogP contribution in [-0.4, -0.2) is 0 Å². The molecule has 0 bridgehead atoms. The van der Waals surface area contributed by atoms with E-state index in [1.807, 2.05) is 0 Å². The summed E-state index contributed by atoms with van der Waals surface area (Å²) >= 11 is 0. The zero-order chi connectivity index (χ0) is 14.7. The zero-order valence-corrected chi connectivity index (χ0v) is 12.6. The normalized spacial score (nSPS) is 12.6. The molecule has 22 heavy (non-hydrogen) atoms. The van der Waals surface area contributed by atoms with Gasteiger partial charge in [-0.2, -0.15) is 0 Å². The number of hydrogen-bond acceptors (Lipinski definition) is 0. The van der Waals surface area contributed by atoms with Crippen LogP contribution in [0.1, 0.15) is 16.7 Å². The van der Waals surface area contributed by atoms with E-state index in [1.54, 1.807) is 0 Å². The summed E-state index contributed by atoms with van der Waals surface area (Å²) in [6.07, 6.45) is 1.07. The van der Waals surface area contributed by atoms with E-state index in [1.165, 1.54) is 49.4 Å². The fraction of sp³-hybridized carbons (Fsp3) is 0.0909. The molecule has 0 heteroatoms. The molecule has 104 valence electrons. The van der Waals surface area contributed by atoms with Gasteiger partial charge in [0.05, 0.1) is 0 Å². The Kier molecular flexibility index (Phi) is 2.29. The highest BCUT2D eigenvalue weighted by molar-refractivity contribution is 6.09. The number of aryl methyl sites for hydroxylation is 1. The van der Waals surface area contributed by atoms with E-state index in [9.17, 15) is 0 Å². The lowest BCUT2D eigenvalue weighted by Crippen LogP contribution is -1.85. The van der Waals surface area contributed by atoms with E-state index >= 15 is 0 Å². The Morgan fingerprint density at radius 3 is 2.50 bits per heavy atom. The Labute approximate surface area is 130 Å². The molecule has 0 nitrogen and oxygen atoms in total. The standard InChI is InChI=1S/C22H16/c1-14-5-4-8-19-20(14)12-17-13-21-16(11-22(17)19)10-9-15-6-2-3-7-18(15)21/h2-11,13H,12H2,1H3. The lowest BCUT2D eigenvalue weighted by Gasteiger charge is -2.08. The molecule has 0 unspecified atom stereocenters. The van der Waals surface area contributed by atoms with Crippen LogP contribution in [0.2, 0.25) is 0 Å². The third-order valence-electron chi connectivity index (χ3n) is 5.04. The molecule has 1 aliphatic carbocycles. The van der Waals surface area contributed by atoms with Crippen molar-refractivity contribution in [3.05, 3.63) is 83.4 Å². The number of fused-ring (bicyclic) bond motifs is 6. The highest BCUT2D eigenvalue weighted by atomic mass is 14.2. The maximum absolute atomic E-state index is 2.41. The molecule has 0 radical (unpaired) electrons. The largest absolute Gasteiger partial charge is 0.0616 e. The molecule has 4 aromatic carbocycles. The Morgan fingerprint density at radius 2 is 1.55 bits per heavy atom. The highest BCUT2D eigenvalue weighted by Crippen LogP contribution is 2.41. The molecule has 0 saturated carbocycles. The van der Waals surface area contributed by atoms with Crippen molar-refractivity contribution in [2.45, 2.75) is 13.3 Å². The quantitative estimate of drug-likeness (QED) is 0.311. The minimum absolute atomic E-state index is 1.07. The van der Waals surface area contributed by atoms with Crippen molar-refractivity contribution in [3.63, 3.8) is 0 Å². The Bertz CT molecular complexity index is 1050. The van der Waals surface area contributed by atoms with Gasteiger partial charge in [0.25, 0.3) is 0 Å². The first kappa shape index (κ1) is 12.0. The number of hydrogen-bond donors (Lipinski definition) is 0. The third-order valence-corrected chi connectivity index (χ3v) is 5.04. The molecule has 0 N–H and O–H groups in total. The number of rotatable bonds is 0. The predicted molar refractivity (Wildman–Crippen MR) is 94.4 cm³/mol. The molecule has 0 heterocycles. The van der Waals surface area contributed by atoms with Crippen LogP contribution >= 0.6 is 0 Å². The van der Waals surface area contributed by atoms with Crippen LogP contribution in [0.4, 0.5) is 0 Å². The van der Waals surface area contributed by atoms with Gasteiger partial charge in [-0.15, -0.1) is 0 Å². The van der Waals surface area contributed by atoms with Crippen LogP contribution in [0.5, 0.6) is 0 Å². The van der Waals surface area contributed by atoms with Crippen LogP contribution in [0.3, 0.4) is 0 Å². The van der Waals surface area contributed by atoms with Crippen molar-refractivity contribution in [3.8, 4) is 11.1 Å². The molecule has 0 amide bonds. The summed E-state index contributed by atoms with van der Waals surface area (Å²) < 4.78 is 0. The Balaban J connectivity index is 1.88. The van der Waals surface area contributed by atoms with E-state index in [0.29, 0.717) is 0 Å². The second kappa shape index (κ2) is 4.20. The monoisotopic (exact) mass is 280 g/mol. The lowest BCUT2D eigenvalue weighted by molar-refractivity contribution is 1.22. The van der Waals surface area contributed by atoms with Crippen LogP contribution in [0.15, 0.2) is 66.7 Å². The van der Waals surface area contributed by atoms with Crippen LogP contribution in [-0.2, 0) is 6.42 Å². The summed E-state index contributed by atoms with van der Waals surface area (Å²) in [5.74, 6) is 0. The van der Waals surface area contributed by atoms with Gasteiger partial charge in [0.15, 0.2) is 0 Å². The summed E-state index contributed by atoms with van der Waals surface area (Å²) in [4.78, 5) is 0. The topological polar surface area (TPSA) is 0 Å². The molecular weight excluding hydrogens is 264 g/mol. The van der Waals surface area contributed by atoms with Crippen molar-refractivity contribution in [1.29, 1.82) is 0 Å². The fourth-order valence-electron chi connectivity index (χ4n) is 3.88. The molecule has 0 aromatic heterocycles. The van der Waals surface area contributed by atoms with Crippen LogP contribution in [0.25, 0.3) is 32.7 Å². The van der Waals surface area contributed by atoms with Gasteiger partial charge < -0.3 is 0 Å². The molecule has 0 saturated heterocycles. The third kappa shape index (κ3) is 1.52. The minimum Gasteiger partial charge on any atom is -0.0616 e. The minimum atomic E-state index is 1.07. The summed E-state index contributed by atoms with van der Waals surface area (Å²) in [6, 6.07) is 24.6. The average molecular weight is 280 g/mol. The second-order valence-electron chi connectivity index (χ2n) is 6.29. The van der Waals surface area contributed by atoms with E-state index in [-0.39, 0.29) is 0 Å². The van der Waals surface area contributed by atoms with Gasteiger partial charge in [-0.1, -0.05) is 54.6 Å². The summed E-state index contributed by atoms with van der Waals surface area (Å²) in [5, 5.41) is 5.39. The fourth-order valence-corrected chi connectivity index (χ4v) is 3.88. The summed E-state index contributed by atoms with van der Waals surface area (Å²) in [6.45, 7) is 2.22. The van der Waals surface area contributed by atoms with Crippen molar-refractivity contribution >= 4 is 21.5 Å². The summed E-state index contributed by atoms with van der Waals surface area (Å²) in [5.41, 5.74) is 7.21. The SMILES string of the molecule is Cc1cccc2c1Cc1cc3c(ccc4ccccc43)cc1-2. The van der Waals surface area contributed by atoms with Crippen molar-refractivity contribution in [2.24, 2.45) is 0 Å². The van der Waals surface area contributed by atoms with Crippen molar-refractivity contribution in [1.82, 2.24) is 0 Å². The molecule has 1 aliphatic rings. The first-order valence-corrected chi connectivity index (χ1v) is 7.84.